The van der Waals surface area contributed by atoms with E-state index in [1.807, 2.05) is 66.4 Å². The Morgan fingerprint density at radius 3 is 2.28 bits per heavy atom. The number of amides is 2. The first-order chi connectivity index (χ1) is 18.9. The smallest absolute Gasteiger partial charge is 0.321 e. The second kappa shape index (κ2) is 12.0. The van der Waals surface area contributed by atoms with Crippen molar-refractivity contribution >= 4 is 11.7 Å². The van der Waals surface area contributed by atoms with Gasteiger partial charge in [-0.2, -0.15) is 0 Å². The molecule has 3 aromatic carbocycles. The van der Waals surface area contributed by atoms with Crippen LogP contribution in [0.1, 0.15) is 34.6 Å². The third-order valence-corrected chi connectivity index (χ3v) is 7.81. The number of urea groups is 1. The van der Waals surface area contributed by atoms with E-state index in [4.69, 9.17) is 0 Å². The second-order valence-electron chi connectivity index (χ2n) is 11.0. The molecular formula is C33H38N4O2. The lowest BCUT2D eigenvalue weighted by Crippen LogP contribution is -2.70. The van der Waals surface area contributed by atoms with Gasteiger partial charge in [0.15, 0.2) is 0 Å². The molecular weight excluding hydrogens is 484 g/mol. The molecule has 2 saturated heterocycles. The molecule has 4 atom stereocenters. The zero-order chi connectivity index (χ0) is 27.4. The van der Waals surface area contributed by atoms with Crippen molar-refractivity contribution in [1.82, 2.24) is 14.7 Å². The summed E-state index contributed by atoms with van der Waals surface area (Å²) in [5, 5.41) is 13.9. The first-order valence-electron chi connectivity index (χ1n) is 13.8. The summed E-state index contributed by atoms with van der Waals surface area (Å²) in [4.78, 5) is 19.8. The topological polar surface area (TPSA) is 59.1 Å². The Morgan fingerprint density at radius 1 is 0.949 bits per heavy atom. The number of hydrogen-bond donors (Lipinski definition) is 2. The normalized spacial score (nSPS) is 23.1. The van der Waals surface area contributed by atoms with Crippen LogP contribution < -0.4 is 5.32 Å². The van der Waals surface area contributed by atoms with E-state index in [0.29, 0.717) is 26.1 Å². The van der Waals surface area contributed by atoms with Crippen molar-refractivity contribution in [2.75, 3.05) is 45.6 Å². The molecule has 2 aliphatic heterocycles. The minimum Gasteiger partial charge on any atom is -0.392 e. The highest BCUT2D eigenvalue weighted by Gasteiger charge is 2.50. The molecule has 0 aliphatic carbocycles. The second-order valence-corrected chi connectivity index (χ2v) is 11.0. The highest BCUT2D eigenvalue weighted by Crippen LogP contribution is 2.42. The van der Waals surface area contributed by atoms with Crippen molar-refractivity contribution in [1.29, 1.82) is 0 Å². The number of carbonyl (C=O) groups is 1. The molecule has 0 radical (unpaired) electrons. The largest absolute Gasteiger partial charge is 0.392 e. The van der Waals surface area contributed by atoms with Gasteiger partial charge in [0.05, 0.1) is 6.10 Å². The Labute approximate surface area is 232 Å². The van der Waals surface area contributed by atoms with Gasteiger partial charge in [0, 0.05) is 61.0 Å². The lowest BCUT2D eigenvalue weighted by molar-refractivity contribution is -0.0735. The van der Waals surface area contributed by atoms with Gasteiger partial charge in [-0.15, -0.1) is 0 Å². The molecule has 2 fully saturated rings. The fourth-order valence-electron chi connectivity index (χ4n) is 5.77. The lowest BCUT2D eigenvalue weighted by Gasteiger charge is -2.58. The summed E-state index contributed by atoms with van der Waals surface area (Å²) in [6.07, 6.45) is 0.0994. The maximum absolute atomic E-state index is 13.3. The summed E-state index contributed by atoms with van der Waals surface area (Å²) in [5.74, 6) is 6.76. The molecule has 5 rings (SSSR count). The number of carbonyl (C=O) groups excluding carboxylic acids is 1. The van der Waals surface area contributed by atoms with Gasteiger partial charge in [0.25, 0.3) is 0 Å². The average Bonchev–Trinajstić information content (AvgIpc) is 2.93. The van der Waals surface area contributed by atoms with Crippen LogP contribution in [0.15, 0.2) is 78.9 Å². The standard InChI is InChI=1S/C33H38N4O2/c1-24-9-17-28(18-10-24)34-33(39)36-20-19-29(38)21-37-30(22-35(2)3)32(31(37)23-36)27-15-13-26(14-16-27)12-11-25-7-5-4-6-8-25/h4-10,13-18,29-32,38H,19-23H2,1-3H3,(H,34,39)/t29?,30-,31+,32+/m1/s1. The van der Waals surface area contributed by atoms with Crippen LogP contribution in [0.3, 0.4) is 0 Å². The van der Waals surface area contributed by atoms with Gasteiger partial charge < -0.3 is 20.2 Å². The molecule has 0 saturated carbocycles. The molecule has 0 bridgehead atoms. The van der Waals surface area contributed by atoms with Gasteiger partial charge >= 0.3 is 6.03 Å². The fourth-order valence-corrected chi connectivity index (χ4v) is 5.77. The predicted molar refractivity (Wildman–Crippen MR) is 157 cm³/mol. The molecule has 2 N–H and O–H groups in total. The number of fused-ring (bicyclic) bond motifs is 1. The quantitative estimate of drug-likeness (QED) is 0.499. The number of aliphatic hydroxyl groups is 1. The Hall–Kier alpha value is -3.63. The maximum atomic E-state index is 13.3. The first kappa shape index (κ1) is 27.0. The van der Waals surface area contributed by atoms with Crippen LogP contribution in [-0.2, 0) is 0 Å². The minimum atomic E-state index is -0.469. The van der Waals surface area contributed by atoms with Crippen LogP contribution in [0.4, 0.5) is 10.5 Å². The number of hydrogen-bond acceptors (Lipinski definition) is 4. The van der Waals surface area contributed by atoms with Crippen LogP contribution in [0.2, 0.25) is 0 Å². The van der Waals surface area contributed by atoms with E-state index in [-0.39, 0.29) is 24.0 Å². The van der Waals surface area contributed by atoms with Crippen LogP contribution in [0.5, 0.6) is 0 Å². The summed E-state index contributed by atoms with van der Waals surface area (Å²) < 4.78 is 0. The van der Waals surface area contributed by atoms with Gasteiger partial charge in [-0.25, -0.2) is 4.79 Å². The predicted octanol–water partition coefficient (Wildman–Crippen LogP) is 4.39. The van der Waals surface area contributed by atoms with Gasteiger partial charge in [0.2, 0.25) is 0 Å². The highest BCUT2D eigenvalue weighted by atomic mass is 16.3. The van der Waals surface area contributed by atoms with Crippen molar-refractivity contribution in [3.63, 3.8) is 0 Å². The van der Waals surface area contributed by atoms with E-state index in [9.17, 15) is 9.90 Å². The third-order valence-electron chi connectivity index (χ3n) is 7.81. The van der Waals surface area contributed by atoms with E-state index >= 15 is 0 Å². The molecule has 6 heteroatoms. The molecule has 2 aliphatic rings. The summed E-state index contributed by atoms with van der Waals surface area (Å²) >= 11 is 0. The summed E-state index contributed by atoms with van der Waals surface area (Å²) in [6.45, 7) is 4.70. The van der Waals surface area contributed by atoms with Gasteiger partial charge in [-0.05, 0) is 69.4 Å². The highest BCUT2D eigenvalue weighted by molar-refractivity contribution is 5.89. The number of aryl methyl sites for hydroxylation is 1. The molecule has 0 spiro atoms. The van der Waals surface area contributed by atoms with E-state index in [1.54, 1.807) is 0 Å². The van der Waals surface area contributed by atoms with Crippen LogP contribution in [-0.4, -0.2) is 84.3 Å². The van der Waals surface area contributed by atoms with E-state index in [0.717, 1.165) is 28.9 Å². The van der Waals surface area contributed by atoms with E-state index in [2.05, 4.69) is 65.3 Å². The summed E-state index contributed by atoms with van der Waals surface area (Å²) in [5.41, 5.74) is 5.17. The number of nitrogens with zero attached hydrogens (tertiary/aromatic N) is 3. The van der Waals surface area contributed by atoms with Crippen molar-refractivity contribution in [2.24, 2.45) is 0 Å². The molecule has 202 valence electrons. The van der Waals surface area contributed by atoms with Crippen LogP contribution in [0, 0.1) is 18.8 Å². The van der Waals surface area contributed by atoms with Gasteiger partial charge in [0.1, 0.15) is 0 Å². The number of rotatable bonds is 4. The Kier molecular flexibility index (Phi) is 8.33. The van der Waals surface area contributed by atoms with Crippen molar-refractivity contribution in [2.45, 2.75) is 37.5 Å². The third kappa shape index (κ3) is 6.51. The first-order valence-corrected chi connectivity index (χ1v) is 13.8. The van der Waals surface area contributed by atoms with Gasteiger partial charge in [-0.3, -0.25) is 4.90 Å². The van der Waals surface area contributed by atoms with Crippen LogP contribution in [0.25, 0.3) is 0 Å². The van der Waals surface area contributed by atoms with E-state index in [1.165, 1.54) is 5.56 Å². The summed E-state index contributed by atoms with van der Waals surface area (Å²) in [7, 11) is 4.18. The molecule has 2 amide bonds. The van der Waals surface area contributed by atoms with Crippen molar-refractivity contribution < 1.29 is 9.90 Å². The van der Waals surface area contributed by atoms with Crippen molar-refractivity contribution in [3.05, 3.63) is 101 Å². The molecule has 0 aromatic heterocycles. The summed E-state index contributed by atoms with van der Waals surface area (Å²) in [6, 6.07) is 26.7. The van der Waals surface area contributed by atoms with Crippen molar-refractivity contribution in [3.8, 4) is 11.8 Å². The molecule has 1 unspecified atom stereocenters. The number of likely N-dealkylation sites (N-methyl/N-ethyl adjacent to an activating group) is 1. The molecule has 2 heterocycles. The lowest BCUT2D eigenvalue weighted by atomic mass is 9.73. The molecule has 3 aromatic rings. The minimum absolute atomic E-state index is 0.116. The fraction of sp³-hybridized carbons (Fsp3) is 0.364. The monoisotopic (exact) mass is 522 g/mol. The molecule has 6 nitrogen and oxygen atoms in total. The Morgan fingerprint density at radius 2 is 1.62 bits per heavy atom. The number of benzene rings is 3. The zero-order valence-electron chi connectivity index (χ0n) is 23.0. The zero-order valence-corrected chi connectivity index (χ0v) is 23.0. The Bertz CT molecular complexity index is 1310. The number of anilines is 1. The number of nitrogens with one attached hydrogen (secondary N) is 1. The SMILES string of the molecule is Cc1ccc(NC(=O)N2CCC(O)CN3[C@H](CN(C)C)[C@H](c4ccc(C#Cc5ccccc5)cc4)[C@@H]3C2)cc1. The maximum Gasteiger partial charge on any atom is 0.321 e. The average molecular weight is 523 g/mol. The van der Waals surface area contributed by atoms with Crippen LogP contribution >= 0.6 is 0 Å². The Balaban J connectivity index is 1.37. The van der Waals surface area contributed by atoms with Gasteiger partial charge in [-0.1, -0.05) is 59.9 Å². The molecule has 39 heavy (non-hydrogen) atoms. The number of aliphatic hydroxyl groups excluding tert-OH is 1. The van der Waals surface area contributed by atoms with E-state index < -0.39 is 6.10 Å².